The van der Waals surface area contributed by atoms with Gasteiger partial charge in [-0.1, -0.05) is 12.1 Å². The van der Waals surface area contributed by atoms with Crippen LogP contribution in [0.5, 0.6) is 0 Å². The molecule has 0 aliphatic heterocycles. The van der Waals surface area contributed by atoms with Gasteiger partial charge < -0.3 is 5.11 Å². The maximum absolute atomic E-state index is 10.9. The van der Waals surface area contributed by atoms with E-state index in [0.717, 1.165) is 11.3 Å². The number of imidazole rings is 1. The summed E-state index contributed by atoms with van der Waals surface area (Å²) in [7, 11) is 0. The average Bonchev–Trinajstić information content (AvgIpc) is 2.81. The van der Waals surface area contributed by atoms with E-state index in [1.165, 1.54) is 12.1 Å². The molecule has 6 nitrogen and oxygen atoms in total. The van der Waals surface area contributed by atoms with Crippen LogP contribution >= 0.6 is 0 Å². The number of carboxylic acids is 1. The Labute approximate surface area is 120 Å². The molecule has 0 amide bonds. The van der Waals surface area contributed by atoms with E-state index >= 15 is 0 Å². The molecule has 0 aliphatic rings. The van der Waals surface area contributed by atoms with Gasteiger partial charge in [-0.2, -0.15) is 0 Å². The van der Waals surface area contributed by atoms with Crippen molar-refractivity contribution in [3.63, 3.8) is 0 Å². The Morgan fingerprint density at radius 3 is 2.86 bits per heavy atom. The SMILES string of the molecule is Cc1nc2ccccn2c1N=Nc1cccc(C(=O)O)c1. The molecule has 21 heavy (non-hydrogen) atoms. The standard InChI is InChI=1S/C15H12N4O2/c1-10-14(19-8-3-2-7-13(19)16-10)18-17-12-6-4-5-11(9-12)15(20)21/h2-9H,1H3,(H,20,21). The number of benzene rings is 1. The summed E-state index contributed by atoms with van der Waals surface area (Å²) in [5, 5.41) is 17.3. The van der Waals surface area contributed by atoms with Crippen LogP contribution in [0.2, 0.25) is 0 Å². The number of carboxylic acid groups (broad SMARTS) is 1. The molecule has 2 heterocycles. The third-order valence-corrected chi connectivity index (χ3v) is 3.03. The van der Waals surface area contributed by atoms with Crippen molar-refractivity contribution in [1.82, 2.24) is 9.38 Å². The number of hydrogen-bond acceptors (Lipinski definition) is 4. The molecule has 0 fully saturated rings. The Balaban J connectivity index is 2.00. The van der Waals surface area contributed by atoms with E-state index in [4.69, 9.17) is 5.11 Å². The van der Waals surface area contributed by atoms with Crippen LogP contribution in [0.3, 0.4) is 0 Å². The minimum atomic E-state index is -0.988. The minimum Gasteiger partial charge on any atom is -0.478 e. The van der Waals surface area contributed by atoms with E-state index in [-0.39, 0.29) is 5.56 Å². The third kappa shape index (κ3) is 2.51. The fourth-order valence-corrected chi connectivity index (χ4v) is 2.03. The number of pyridine rings is 1. The van der Waals surface area contributed by atoms with Crippen LogP contribution < -0.4 is 0 Å². The first kappa shape index (κ1) is 13.0. The summed E-state index contributed by atoms with van der Waals surface area (Å²) in [6.45, 7) is 1.86. The zero-order valence-corrected chi connectivity index (χ0v) is 11.3. The van der Waals surface area contributed by atoms with Gasteiger partial charge in [0, 0.05) is 6.20 Å². The molecule has 1 N–H and O–H groups in total. The van der Waals surface area contributed by atoms with Crippen LogP contribution in [-0.4, -0.2) is 20.5 Å². The first-order chi connectivity index (χ1) is 10.1. The van der Waals surface area contributed by atoms with Gasteiger partial charge in [-0.25, -0.2) is 9.78 Å². The van der Waals surface area contributed by atoms with Crippen molar-refractivity contribution in [3.8, 4) is 0 Å². The Kier molecular flexibility index (Phi) is 3.19. The third-order valence-electron chi connectivity index (χ3n) is 3.03. The molecule has 0 saturated heterocycles. The zero-order chi connectivity index (χ0) is 14.8. The summed E-state index contributed by atoms with van der Waals surface area (Å²) in [6, 6.07) is 12.0. The fraction of sp³-hybridized carbons (Fsp3) is 0.0667. The summed E-state index contributed by atoms with van der Waals surface area (Å²) in [5.74, 6) is -0.357. The molecule has 0 unspecified atom stereocenters. The van der Waals surface area contributed by atoms with E-state index < -0.39 is 5.97 Å². The van der Waals surface area contributed by atoms with Gasteiger partial charge in [-0.3, -0.25) is 4.40 Å². The predicted octanol–water partition coefficient (Wildman–Crippen LogP) is 3.76. The Bertz CT molecular complexity index is 852. The van der Waals surface area contributed by atoms with Gasteiger partial charge in [-0.15, -0.1) is 10.2 Å². The molecule has 0 bridgehead atoms. The Morgan fingerprint density at radius 1 is 1.19 bits per heavy atom. The number of fused-ring (bicyclic) bond motifs is 1. The highest BCUT2D eigenvalue weighted by molar-refractivity contribution is 5.88. The number of hydrogen-bond donors (Lipinski definition) is 1. The summed E-state index contributed by atoms with van der Waals surface area (Å²) >= 11 is 0. The highest BCUT2D eigenvalue weighted by atomic mass is 16.4. The van der Waals surface area contributed by atoms with Gasteiger partial charge in [0.25, 0.3) is 0 Å². The van der Waals surface area contributed by atoms with E-state index in [2.05, 4.69) is 15.2 Å². The molecule has 0 saturated carbocycles. The first-order valence-corrected chi connectivity index (χ1v) is 6.34. The van der Waals surface area contributed by atoms with Gasteiger partial charge >= 0.3 is 5.97 Å². The minimum absolute atomic E-state index is 0.182. The zero-order valence-electron chi connectivity index (χ0n) is 11.3. The van der Waals surface area contributed by atoms with Crippen molar-refractivity contribution in [2.24, 2.45) is 10.2 Å². The van der Waals surface area contributed by atoms with Crippen LogP contribution in [0.1, 0.15) is 16.1 Å². The van der Waals surface area contributed by atoms with Crippen molar-refractivity contribution in [2.45, 2.75) is 6.92 Å². The van der Waals surface area contributed by atoms with Gasteiger partial charge in [-0.05, 0) is 37.3 Å². The Morgan fingerprint density at radius 2 is 2.05 bits per heavy atom. The summed E-state index contributed by atoms with van der Waals surface area (Å²) < 4.78 is 1.83. The van der Waals surface area contributed by atoms with Gasteiger partial charge in [0.1, 0.15) is 5.65 Å². The van der Waals surface area contributed by atoms with Gasteiger partial charge in [0.15, 0.2) is 5.82 Å². The molecule has 2 aromatic heterocycles. The number of aryl methyl sites for hydroxylation is 1. The maximum atomic E-state index is 10.9. The number of azo groups is 1. The molecule has 3 aromatic rings. The quantitative estimate of drug-likeness (QED) is 0.742. The van der Waals surface area contributed by atoms with Crippen molar-refractivity contribution in [1.29, 1.82) is 0 Å². The van der Waals surface area contributed by atoms with Crippen molar-refractivity contribution < 1.29 is 9.90 Å². The molecule has 0 spiro atoms. The second kappa shape index (κ2) is 5.16. The van der Waals surface area contributed by atoms with E-state index in [1.807, 2.05) is 35.7 Å². The molecular formula is C15H12N4O2. The van der Waals surface area contributed by atoms with E-state index in [9.17, 15) is 4.79 Å². The lowest BCUT2D eigenvalue weighted by Gasteiger charge is -1.97. The second-order valence-corrected chi connectivity index (χ2v) is 4.51. The lowest BCUT2D eigenvalue weighted by Crippen LogP contribution is -1.94. The van der Waals surface area contributed by atoms with E-state index in [0.29, 0.717) is 11.5 Å². The van der Waals surface area contributed by atoms with Crippen molar-refractivity contribution in [2.75, 3.05) is 0 Å². The summed E-state index contributed by atoms with van der Waals surface area (Å²) in [4.78, 5) is 15.3. The summed E-state index contributed by atoms with van der Waals surface area (Å²) in [6.07, 6.45) is 1.86. The molecule has 3 rings (SSSR count). The molecule has 104 valence electrons. The van der Waals surface area contributed by atoms with Crippen LogP contribution in [0, 0.1) is 6.92 Å². The lowest BCUT2D eigenvalue weighted by atomic mass is 10.2. The molecule has 1 aromatic carbocycles. The number of nitrogens with zero attached hydrogens (tertiary/aromatic N) is 4. The fourth-order valence-electron chi connectivity index (χ4n) is 2.03. The molecule has 0 aliphatic carbocycles. The largest absolute Gasteiger partial charge is 0.478 e. The lowest BCUT2D eigenvalue weighted by molar-refractivity contribution is 0.0697. The van der Waals surface area contributed by atoms with E-state index in [1.54, 1.807) is 12.1 Å². The predicted molar refractivity (Wildman–Crippen MR) is 77.5 cm³/mol. The number of aromatic carboxylic acids is 1. The van der Waals surface area contributed by atoms with Crippen LogP contribution in [-0.2, 0) is 0 Å². The van der Waals surface area contributed by atoms with Gasteiger partial charge in [0.05, 0.1) is 16.9 Å². The molecule has 0 atom stereocenters. The number of rotatable bonds is 3. The molecular weight excluding hydrogens is 268 g/mol. The Hall–Kier alpha value is -3.02. The van der Waals surface area contributed by atoms with Gasteiger partial charge in [0.2, 0.25) is 0 Å². The first-order valence-electron chi connectivity index (χ1n) is 6.34. The average molecular weight is 280 g/mol. The normalized spacial score (nSPS) is 11.3. The topological polar surface area (TPSA) is 79.3 Å². The molecule has 6 heteroatoms. The maximum Gasteiger partial charge on any atom is 0.335 e. The van der Waals surface area contributed by atoms with Crippen molar-refractivity contribution >= 4 is 23.1 Å². The van der Waals surface area contributed by atoms with Crippen LogP contribution in [0.25, 0.3) is 5.65 Å². The van der Waals surface area contributed by atoms with Crippen LogP contribution in [0.4, 0.5) is 11.5 Å². The van der Waals surface area contributed by atoms with Crippen molar-refractivity contribution in [3.05, 3.63) is 59.9 Å². The molecule has 0 radical (unpaired) electrons. The van der Waals surface area contributed by atoms with Crippen LogP contribution in [0.15, 0.2) is 58.9 Å². The smallest absolute Gasteiger partial charge is 0.335 e. The second-order valence-electron chi connectivity index (χ2n) is 4.51. The number of aromatic nitrogens is 2. The highest BCUT2D eigenvalue weighted by Crippen LogP contribution is 2.23. The number of carbonyl (C=O) groups is 1. The highest BCUT2D eigenvalue weighted by Gasteiger charge is 2.07. The summed E-state index contributed by atoms with van der Waals surface area (Å²) in [5.41, 5.74) is 2.23. The monoisotopic (exact) mass is 280 g/mol.